The Bertz CT molecular complexity index is 1090. The van der Waals surface area contributed by atoms with E-state index in [2.05, 4.69) is 0 Å². The molecule has 0 radical (unpaired) electrons. The van der Waals surface area contributed by atoms with E-state index in [1.165, 1.54) is 39.4 Å². The average molecular weight is 412 g/mol. The molecule has 3 rings (SSSR count). The van der Waals surface area contributed by atoms with Crippen molar-refractivity contribution in [3.63, 3.8) is 0 Å². The molecule has 30 heavy (non-hydrogen) atoms. The highest BCUT2D eigenvalue weighted by molar-refractivity contribution is 6.26. The lowest BCUT2D eigenvalue weighted by Gasteiger charge is -2.31. The molecule has 2 N–H and O–H groups in total. The Hall–Kier alpha value is -3.81. The molecule has 0 spiro atoms. The van der Waals surface area contributed by atoms with Gasteiger partial charge >= 0.3 is 5.97 Å². The van der Waals surface area contributed by atoms with Gasteiger partial charge in [0.05, 0.1) is 12.7 Å². The number of allylic oxidation sites excluding steroid dienone is 4. The lowest BCUT2D eigenvalue weighted by Crippen LogP contribution is -2.50. The number of rotatable bonds is 4. The molecule has 0 aromatic heterocycles. The van der Waals surface area contributed by atoms with E-state index < -0.39 is 34.6 Å². The highest BCUT2D eigenvalue weighted by Gasteiger charge is 2.50. The van der Waals surface area contributed by atoms with E-state index in [0.29, 0.717) is 11.3 Å². The third-order valence-corrected chi connectivity index (χ3v) is 4.90. The van der Waals surface area contributed by atoms with Crippen LogP contribution in [0.2, 0.25) is 0 Å². The molecular formula is C22H20O8. The minimum Gasteiger partial charge on any atom is -0.504 e. The molecule has 0 fully saturated rings. The summed E-state index contributed by atoms with van der Waals surface area (Å²) in [6.45, 7) is 4.35. The zero-order valence-electron chi connectivity index (χ0n) is 16.8. The topological polar surface area (TPSA) is 119 Å². The van der Waals surface area contributed by atoms with Crippen molar-refractivity contribution < 1.29 is 38.8 Å². The molecule has 0 amide bonds. The number of esters is 1. The van der Waals surface area contributed by atoms with E-state index in [1.54, 1.807) is 19.1 Å². The molecule has 1 aromatic carbocycles. The minimum atomic E-state index is -2.13. The number of fused-ring (bicyclic) bond motifs is 1. The number of phenols is 2. The molecule has 2 aliphatic rings. The van der Waals surface area contributed by atoms with Gasteiger partial charge in [-0.1, -0.05) is 6.08 Å². The van der Waals surface area contributed by atoms with Crippen molar-refractivity contribution in [2.45, 2.75) is 26.4 Å². The third-order valence-electron chi connectivity index (χ3n) is 4.90. The van der Waals surface area contributed by atoms with Gasteiger partial charge in [-0.2, -0.15) is 0 Å². The summed E-state index contributed by atoms with van der Waals surface area (Å²) in [5, 5.41) is 19.7. The van der Waals surface area contributed by atoms with Crippen LogP contribution in [0.25, 0.3) is 0 Å². The van der Waals surface area contributed by atoms with Gasteiger partial charge in [-0.05, 0) is 44.6 Å². The van der Waals surface area contributed by atoms with E-state index in [0.717, 1.165) is 6.07 Å². The average Bonchev–Trinajstić information content (AvgIpc) is 2.70. The Morgan fingerprint density at radius 1 is 1.23 bits per heavy atom. The summed E-state index contributed by atoms with van der Waals surface area (Å²) >= 11 is 0. The van der Waals surface area contributed by atoms with Gasteiger partial charge in [0.15, 0.2) is 11.5 Å². The zero-order valence-corrected chi connectivity index (χ0v) is 16.8. The number of carbonyl (C=O) groups excluding carboxylic acids is 3. The molecule has 1 heterocycles. The second-order valence-electron chi connectivity index (χ2n) is 6.86. The van der Waals surface area contributed by atoms with Crippen LogP contribution < -0.4 is 4.74 Å². The molecule has 0 bridgehead atoms. The molecule has 0 saturated carbocycles. The molecule has 1 aromatic rings. The van der Waals surface area contributed by atoms with Crippen molar-refractivity contribution in [3.8, 4) is 17.2 Å². The number of methoxy groups -OCH3 is 1. The van der Waals surface area contributed by atoms with Crippen LogP contribution in [0, 0.1) is 6.92 Å². The summed E-state index contributed by atoms with van der Waals surface area (Å²) in [6, 6.07) is 1.04. The Labute approximate surface area is 172 Å². The number of ketones is 2. The van der Waals surface area contributed by atoms with Gasteiger partial charge in [0.1, 0.15) is 23.3 Å². The number of aromatic hydroxyl groups is 2. The van der Waals surface area contributed by atoms with Gasteiger partial charge < -0.3 is 24.4 Å². The number of hydrogen-bond acceptors (Lipinski definition) is 8. The van der Waals surface area contributed by atoms with Crippen molar-refractivity contribution in [1.82, 2.24) is 0 Å². The van der Waals surface area contributed by atoms with Gasteiger partial charge in [-0.3, -0.25) is 9.59 Å². The van der Waals surface area contributed by atoms with Gasteiger partial charge in [-0.15, -0.1) is 0 Å². The highest BCUT2D eigenvalue weighted by atomic mass is 16.6. The van der Waals surface area contributed by atoms with E-state index in [9.17, 15) is 24.6 Å². The lowest BCUT2D eigenvalue weighted by atomic mass is 9.80. The Kier molecular flexibility index (Phi) is 5.26. The van der Waals surface area contributed by atoms with Crippen LogP contribution in [0.15, 0.2) is 53.5 Å². The Morgan fingerprint density at radius 3 is 2.57 bits per heavy atom. The lowest BCUT2D eigenvalue weighted by molar-refractivity contribution is -0.145. The number of phenolic OH excluding ortho intramolecular Hbond substituents is 2. The van der Waals surface area contributed by atoms with Crippen LogP contribution in [0.1, 0.15) is 29.8 Å². The van der Waals surface area contributed by atoms with Crippen LogP contribution >= 0.6 is 0 Å². The largest absolute Gasteiger partial charge is 0.504 e. The van der Waals surface area contributed by atoms with E-state index in [1.807, 2.05) is 0 Å². The second kappa shape index (κ2) is 7.55. The molecule has 1 unspecified atom stereocenters. The first-order valence-electron chi connectivity index (χ1n) is 8.99. The van der Waals surface area contributed by atoms with Crippen LogP contribution in [-0.2, 0) is 19.1 Å². The van der Waals surface area contributed by atoms with E-state index >= 15 is 0 Å². The van der Waals surface area contributed by atoms with Crippen molar-refractivity contribution in [1.29, 1.82) is 0 Å². The van der Waals surface area contributed by atoms with Crippen LogP contribution in [0.3, 0.4) is 0 Å². The van der Waals surface area contributed by atoms with Crippen molar-refractivity contribution in [2.24, 2.45) is 0 Å². The third kappa shape index (κ3) is 3.26. The molecular weight excluding hydrogens is 392 g/mol. The molecule has 8 nitrogen and oxygen atoms in total. The molecule has 1 atom stereocenters. The first-order chi connectivity index (χ1) is 14.1. The summed E-state index contributed by atoms with van der Waals surface area (Å²) in [4.78, 5) is 38.7. The number of Topliss-reactive ketones (excluding diaryl/α,β-unsaturated/α-hetero) is 1. The normalized spacial score (nSPS) is 20.7. The smallest absolute Gasteiger partial charge is 0.343 e. The first kappa shape index (κ1) is 20.9. The van der Waals surface area contributed by atoms with Crippen molar-refractivity contribution in [3.05, 3.63) is 64.7 Å². The number of benzene rings is 1. The van der Waals surface area contributed by atoms with E-state index in [-0.39, 0.29) is 22.4 Å². The molecule has 8 heteroatoms. The van der Waals surface area contributed by atoms with Crippen LogP contribution in [0.4, 0.5) is 0 Å². The van der Waals surface area contributed by atoms with Crippen molar-refractivity contribution >= 4 is 17.5 Å². The zero-order chi connectivity index (χ0) is 22.2. The molecule has 1 aliphatic heterocycles. The number of carbonyl (C=O) groups is 3. The predicted octanol–water partition coefficient (Wildman–Crippen LogP) is 2.78. The minimum absolute atomic E-state index is 0.0217. The predicted molar refractivity (Wildman–Crippen MR) is 105 cm³/mol. The summed E-state index contributed by atoms with van der Waals surface area (Å²) in [6.07, 6.45) is 7.37. The maximum atomic E-state index is 13.0. The van der Waals surface area contributed by atoms with Crippen LogP contribution in [-0.4, -0.2) is 40.5 Å². The number of hydrogen-bond donors (Lipinski definition) is 2. The SMILES string of the molecule is CC=CC1=CC2=CC(=O)C(C)(OC(=O)c3c(OC)cc(O)c(O)c3C)C(=O)C2=CO1. The maximum Gasteiger partial charge on any atom is 0.343 e. The molecule has 156 valence electrons. The Morgan fingerprint density at radius 2 is 1.93 bits per heavy atom. The van der Waals surface area contributed by atoms with Gasteiger partial charge in [0.25, 0.3) is 0 Å². The van der Waals surface area contributed by atoms with Gasteiger partial charge in [-0.25, -0.2) is 4.79 Å². The molecule has 0 saturated heterocycles. The van der Waals surface area contributed by atoms with Gasteiger partial charge in [0, 0.05) is 11.6 Å². The standard InChI is InChI=1S/C22H20O8/c1-5-6-13-7-12-8-17(24)22(3,20(26)14(12)10-29-13)30-21(27)18-11(2)19(25)15(23)9-16(18)28-4/h5-10,23,25H,1-4H3. The van der Waals surface area contributed by atoms with Crippen LogP contribution in [0.5, 0.6) is 17.2 Å². The fourth-order valence-corrected chi connectivity index (χ4v) is 3.17. The van der Waals surface area contributed by atoms with E-state index in [4.69, 9.17) is 14.2 Å². The maximum absolute atomic E-state index is 13.0. The monoisotopic (exact) mass is 412 g/mol. The summed E-state index contributed by atoms with van der Waals surface area (Å²) in [5.41, 5.74) is -1.92. The fourth-order valence-electron chi connectivity index (χ4n) is 3.17. The quantitative estimate of drug-likeness (QED) is 0.440. The fraction of sp³-hybridized carbons (Fsp3) is 0.227. The summed E-state index contributed by atoms with van der Waals surface area (Å²) in [5.74, 6) is -3.18. The van der Waals surface area contributed by atoms with Gasteiger partial charge in [0.2, 0.25) is 17.2 Å². The van der Waals surface area contributed by atoms with Crippen molar-refractivity contribution in [2.75, 3.05) is 7.11 Å². The first-order valence-corrected chi connectivity index (χ1v) is 8.99. The molecule has 1 aliphatic carbocycles. The highest BCUT2D eigenvalue weighted by Crippen LogP contribution is 2.39. The number of ether oxygens (including phenoxy) is 3. The second-order valence-corrected chi connectivity index (χ2v) is 6.86. The summed E-state index contributed by atoms with van der Waals surface area (Å²) < 4.78 is 15.8. The summed E-state index contributed by atoms with van der Waals surface area (Å²) in [7, 11) is 1.26. The Balaban J connectivity index is 2.00.